The minimum atomic E-state index is -0.593. The Bertz CT molecular complexity index is 528. The summed E-state index contributed by atoms with van der Waals surface area (Å²) in [7, 11) is 1.94. The van der Waals surface area contributed by atoms with E-state index >= 15 is 0 Å². The van der Waals surface area contributed by atoms with Crippen molar-refractivity contribution < 1.29 is 9.59 Å². The second-order valence-electron chi connectivity index (χ2n) is 4.50. The molecule has 1 N–H and O–H groups in total. The number of halogens is 1. The summed E-state index contributed by atoms with van der Waals surface area (Å²) in [5.41, 5.74) is 1.71. The summed E-state index contributed by atoms with van der Waals surface area (Å²) in [6.45, 7) is 4.18. The molecule has 1 heterocycles. The molecule has 2 rings (SSSR count). The predicted octanol–water partition coefficient (Wildman–Crippen LogP) is 2.71. The smallest absolute Gasteiger partial charge is 0.296 e. The van der Waals surface area contributed by atoms with Gasteiger partial charge in [-0.15, -0.1) is 0 Å². The van der Waals surface area contributed by atoms with Crippen molar-refractivity contribution in [3.05, 3.63) is 22.7 Å². The lowest BCUT2D eigenvalue weighted by molar-refractivity contribution is -0.112. The lowest BCUT2D eigenvalue weighted by Crippen LogP contribution is -2.28. The molecule has 0 saturated heterocycles. The molecule has 0 aromatic heterocycles. The van der Waals surface area contributed by atoms with Gasteiger partial charge in [-0.05, 0) is 25.5 Å². The molecule has 96 valence electrons. The maximum atomic E-state index is 11.5. The highest BCUT2D eigenvalue weighted by Gasteiger charge is 2.29. The summed E-state index contributed by atoms with van der Waals surface area (Å²) < 4.78 is 0. The third kappa shape index (κ3) is 1.97. The van der Waals surface area contributed by atoms with Gasteiger partial charge in [-0.1, -0.05) is 18.5 Å². The molecular formula is C13H15ClN2O2. The molecule has 5 heteroatoms. The number of Topliss-reactive ketones (excluding diaryl/α,β-unsaturated/α-hetero) is 1. The van der Waals surface area contributed by atoms with Crippen LogP contribution in [0, 0.1) is 0 Å². The van der Waals surface area contributed by atoms with E-state index in [1.807, 2.05) is 11.9 Å². The number of ketones is 1. The highest BCUT2D eigenvalue weighted by Crippen LogP contribution is 2.35. The zero-order valence-electron chi connectivity index (χ0n) is 10.6. The van der Waals surface area contributed by atoms with Gasteiger partial charge in [0.25, 0.3) is 11.7 Å². The van der Waals surface area contributed by atoms with Crippen LogP contribution in [0.25, 0.3) is 0 Å². The SMILES string of the molecule is CCC(C)N(C)c1cc2c(cc1Cl)C(=O)C(=O)N2. The highest BCUT2D eigenvalue weighted by atomic mass is 35.5. The Kier molecular flexibility index (Phi) is 3.30. The Balaban J connectivity index is 2.45. The fourth-order valence-electron chi connectivity index (χ4n) is 1.94. The molecule has 0 aliphatic carbocycles. The fraction of sp³-hybridized carbons (Fsp3) is 0.385. The van der Waals surface area contributed by atoms with Crippen LogP contribution in [0.1, 0.15) is 30.6 Å². The van der Waals surface area contributed by atoms with Crippen LogP contribution >= 0.6 is 11.6 Å². The first-order valence-corrected chi connectivity index (χ1v) is 6.25. The minimum Gasteiger partial charge on any atom is -0.371 e. The van der Waals surface area contributed by atoms with Gasteiger partial charge in [0.05, 0.1) is 22.0 Å². The molecule has 1 aliphatic rings. The van der Waals surface area contributed by atoms with Crippen LogP contribution in [0.15, 0.2) is 12.1 Å². The molecule has 0 radical (unpaired) electrons. The summed E-state index contributed by atoms with van der Waals surface area (Å²) in [6.07, 6.45) is 0.981. The number of nitrogens with zero attached hydrogens (tertiary/aromatic N) is 1. The third-order valence-corrected chi connectivity index (χ3v) is 3.72. The molecule has 1 amide bonds. The summed E-state index contributed by atoms with van der Waals surface area (Å²) in [4.78, 5) is 24.9. The summed E-state index contributed by atoms with van der Waals surface area (Å²) in [6, 6.07) is 3.64. The Morgan fingerprint density at radius 2 is 2.06 bits per heavy atom. The Labute approximate surface area is 111 Å². The molecular weight excluding hydrogens is 252 g/mol. The maximum Gasteiger partial charge on any atom is 0.296 e. The van der Waals surface area contributed by atoms with E-state index in [0.717, 1.165) is 12.1 Å². The first-order chi connectivity index (χ1) is 8.45. The topological polar surface area (TPSA) is 49.4 Å². The second kappa shape index (κ2) is 4.61. The number of hydrogen-bond acceptors (Lipinski definition) is 3. The first-order valence-electron chi connectivity index (χ1n) is 5.87. The molecule has 1 aliphatic heterocycles. The molecule has 1 aromatic carbocycles. The van der Waals surface area contributed by atoms with Gasteiger partial charge in [0, 0.05) is 13.1 Å². The Morgan fingerprint density at radius 3 is 2.67 bits per heavy atom. The minimum absolute atomic E-state index is 0.327. The van der Waals surface area contributed by atoms with E-state index < -0.39 is 11.7 Å². The number of rotatable bonds is 3. The van der Waals surface area contributed by atoms with E-state index in [2.05, 4.69) is 19.2 Å². The zero-order valence-corrected chi connectivity index (χ0v) is 11.3. The van der Waals surface area contributed by atoms with Crippen molar-refractivity contribution in [1.29, 1.82) is 0 Å². The van der Waals surface area contributed by atoms with Crippen LogP contribution < -0.4 is 10.2 Å². The second-order valence-corrected chi connectivity index (χ2v) is 4.91. The quantitative estimate of drug-likeness (QED) is 0.856. The molecule has 4 nitrogen and oxygen atoms in total. The standard InChI is InChI=1S/C13H15ClN2O2/c1-4-7(2)16(3)11-6-10-8(5-9(11)14)12(17)13(18)15-10/h5-7H,4H2,1-3H3,(H,15,17,18). The van der Waals surface area contributed by atoms with E-state index in [1.54, 1.807) is 12.1 Å². The van der Waals surface area contributed by atoms with E-state index in [4.69, 9.17) is 11.6 Å². The van der Waals surface area contributed by atoms with Crippen molar-refractivity contribution in [3.8, 4) is 0 Å². The average molecular weight is 267 g/mol. The lowest BCUT2D eigenvalue weighted by atomic mass is 10.1. The molecule has 0 saturated carbocycles. The first kappa shape index (κ1) is 12.9. The number of benzene rings is 1. The zero-order chi connectivity index (χ0) is 13.4. The van der Waals surface area contributed by atoms with Crippen molar-refractivity contribution in [2.24, 2.45) is 0 Å². The monoisotopic (exact) mass is 266 g/mol. The van der Waals surface area contributed by atoms with Crippen molar-refractivity contribution >= 4 is 34.7 Å². The number of amides is 1. The average Bonchev–Trinajstić information content (AvgIpc) is 2.63. The van der Waals surface area contributed by atoms with Gasteiger partial charge in [-0.2, -0.15) is 0 Å². The highest BCUT2D eigenvalue weighted by molar-refractivity contribution is 6.52. The van der Waals surface area contributed by atoms with Crippen LogP contribution in [0.5, 0.6) is 0 Å². The molecule has 1 unspecified atom stereocenters. The molecule has 0 bridgehead atoms. The van der Waals surface area contributed by atoms with E-state index in [1.165, 1.54) is 0 Å². The van der Waals surface area contributed by atoms with Crippen molar-refractivity contribution in [2.45, 2.75) is 26.3 Å². The fourth-order valence-corrected chi connectivity index (χ4v) is 2.23. The van der Waals surface area contributed by atoms with Crippen LogP contribution in [0.2, 0.25) is 5.02 Å². The van der Waals surface area contributed by atoms with Gasteiger partial charge in [0.1, 0.15) is 0 Å². The van der Waals surface area contributed by atoms with Gasteiger partial charge >= 0.3 is 0 Å². The van der Waals surface area contributed by atoms with Crippen LogP contribution in [-0.4, -0.2) is 24.8 Å². The predicted molar refractivity (Wildman–Crippen MR) is 72.6 cm³/mol. The van der Waals surface area contributed by atoms with E-state index in [0.29, 0.717) is 22.3 Å². The van der Waals surface area contributed by atoms with Gasteiger partial charge < -0.3 is 10.2 Å². The van der Waals surface area contributed by atoms with Gasteiger partial charge in [-0.25, -0.2) is 0 Å². The lowest BCUT2D eigenvalue weighted by Gasteiger charge is -2.27. The number of fused-ring (bicyclic) bond motifs is 1. The number of carbonyl (C=O) groups is 2. The van der Waals surface area contributed by atoms with Gasteiger partial charge in [0.15, 0.2) is 0 Å². The number of anilines is 2. The number of hydrogen-bond donors (Lipinski definition) is 1. The maximum absolute atomic E-state index is 11.5. The largest absolute Gasteiger partial charge is 0.371 e. The number of nitrogens with one attached hydrogen (secondary N) is 1. The van der Waals surface area contributed by atoms with Gasteiger partial charge in [0.2, 0.25) is 0 Å². The van der Waals surface area contributed by atoms with Crippen molar-refractivity contribution in [3.63, 3.8) is 0 Å². The summed E-state index contributed by atoms with van der Waals surface area (Å²) in [5, 5.41) is 3.04. The van der Waals surface area contributed by atoms with Crippen LogP contribution in [0.4, 0.5) is 11.4 Å². The molecule has 0 spiro atoms. The van der Waals surface area contributed by atoms with Crippen LogP contribution in [-0.2, 0) is 4.79 Å². The Hall–Kier alpha value is -1.55. The Morgan fingerprint density at radius 1 is 1.39 bits per heavy atom. The summed E-state index contributed by atoms with van der Waals surface area (Å²) >= 11 is 6.18. The third-order valence-electron chi connectivity index (χ3n) is 3.42. The van der Waals surface area contributed by atoms with Crippen molar-refractivity contribution in [1.82, 2.24) is 0 Å². The van der Waals surface area contributed by atoms with E-state index in [-0.39, 0.29) is 0 Å². The summed E-state index contributed by atoms with van der Waals surface area (Å²) in [5.74, 6) is -1.12. The molecule has 0 fully saturated rings. The molecule has 1 atom stereocenters. The molecule has 1 aromatic rings. The van der Waals surface area contributed by atoms with E-state index in [9.17, 15) is 9.59 Å². The molecule has 18 heavy (non-hydrogen) atoms. The van der Waals surface area contributed by atoms with Crippen LogP contribution in [0.3, 0.4) is 0 Å². The van der Waals surface area contributed by atoms with Gasteiger partial charge in [-0.3, -0.25) is 9.59 Å². The van der Waals surface area contributed by atoms with Crippen molar-refractivity contribution in [2.75, 3.05) is 17.3 Å². The number of carbonyl (C=O) groups excluding carboxylic acids is 2. The normalized spacial score (nSPS) is 15.3.